The third-order valence-corrected chi connectivity index (χ3v) is 4.63. The van der Waals surface area contributed by atoms with Crippen molar-refractivity contribution in [2.75, 3.05) is 4.90 Å². The molecule has 3 nitrogen and oxygen atoms in total. The molecule has 1 aliphatic heterocycles. The molecule has 1 amide bonds. The minimum Gasteiger partial charge on any atom is -0.326 e. The molecule has 2 aromatic carbocycles. The lowest BCUT2D eigenvalue weighted by Gasteiger charge is -2.43. The van der Waals surface area contributed by atoms with Gasteiger partial charge in [-0.25, -0.2) is 4.39 Å². The molecule has 0 saturated carbocycles. The van der Waals surface area contributed by atoms with Crippen LogP contribution in [0.5, 0.6) is 0 Å². The monoisotopic (exact) mass is 376 g/mol. The maximum Gasteiger partial charge on any atom is 0.219 e. The van der Waals surface area contributed by atoms with Gasteiger partial charge in [-0.05, 0) is 42.5 Å². The largest absolute Gasteiger partial charge is 0.326 e. The summed E-state index contributed by atoms with van der Waals surface area (Å²) in [6.45, 7) is 1.43. The molecule has 1 atom stereocenters. The summed E-state index contributed by atoms with van der Waals surface area (Å²) in [4.78, 5) is 13.8. The van der Waals surface area contributed by atoms with Crippen LogP contribution in [-0.4, -0.2) is 5.91 Å². The molecule has 2 aromatic rings. The summed E-state index contributed by atoms with van der Waals surface area (Å²) in [5, 5.41) is 3.80. The molecular weight excluding hydrogens is 362 g/mol. The summed E-state index contributed by atoms with van der Waals surface area (Å²) in [7, 11) is 0. The van der Waals surface area contributed by atoms with Crippen LogP contribution in [0.25, 0.3) is 0 Å². The van der Waals surface area contributed by atoms with Gasteiger partial charge in [-0.3, -0.25) is 4.79 Å². The van der Waals surface area contributed by atoms with Gasteiger partial charge in [-0.2, -0.15) is 0 Å². The number of hydrogen-bond donors (Lipinski definition) is 1. The second kappa shape index (κ2) is 6.90. The molecule has 3 rings (SSSR count). The Morgan fingerprint density at radius 1 is 1.08 bits per heavy atom. The van der Waals surface area contributed by atoms with Crippen LogP contribution in [0.4, 0.5) is 10.1 Å². The van der Waals surface area contributed by atoms with Crippen molar-refractivity contribution >= 4 is 34.8 Å². The Bertz CT molecular complexity index is 864. The summed E-state index contributed by atoms with van der Waals surface area (Å²) >= 11 is 12.2. The number of allylic oxidation sites excluding steroid dienone is 2. The van der Waals surface area contributed by atoms with E-state index in [-0.39, 0.29) is 11.7 Å². The summed E-state index contributed by atoms with van der Waals surface area (Å²) in [6, 6.07) is 11.2. The van der Waals surface area contributed by atoms with Crippen molar-refractivity contribution < 1.29 is 9.18 Å². The van der Waals surface area contributed by atoms with E-state index in [9.17, 15) is 9.18 Å². The van der Waals surface area contributed by atoms with Crippen molar-refractivity contribution in [3.63, 3.8) is 0 Å². The first-order valence-electron chi connectivity index (χ1n) is 7.57. The number of halogens is 3. The van der Waals surface area contributed by atoms with Crippen LogP contribution >= 0.6 is 23.2 Å². The Morgan fingerprint density at radius 2 is 1.80 bits per heavy atom. The quantitative estimate of drug-likeness (QED) is 0.816. The van der Waals surface area contributed by atoms with Crippen LogP contribution in [0.2, 0.25) is 10.0 Å². The van der Waals surface area contributed by atoms with Gasteiger partial charge in [0.1, 0.15) is 5.82 Å². The van der Waals surface area contributed by atoms with Crippen molar-refractivity contribution in [3.05, 3.63) is 88.3 Å². The molecule has 0 bridgehead atoms. The number of carbonyl (C=O) groups is 1. The zero-order valence-electron chi connectivity index (χ0n) is 13.3. The highest BCUT2D eigenvalue weighted by Gasteiger charge is 2.38. The summed E-state index contributed by atoms with van der Waals surface area (Å²) < 4.78 is 13.4. The highest BCUT2D eigenvalue weighted by molar-refractivity contribution is 6.42. The molecule has 1 aliphatic rings. The number of benzene rings is 2. The molecule has 0 aromatic heterocycles. The molecule has 0 fully saturated rings. The number of nitrogens with one attached hydrogen (secondary N) is 1. The number of amides is 1. The fraction of sp³-hybridized carbons (Fsp3) is 0.105. The van der Waals surface area contributed by atoms with E-state index in [1.54, 1.807) is 30.3 Å². The molecule has 0 radical (unpaired) electrons. The lowest BCUT2D eigenvalue weighted by Crippen LogP contribution is -2.55. The number of carbonyl (C=O) groups excluding carboxylic acids is 1. The molecule has 0 spiro atoms. The van der Waals surface area contributed by atoms with Crippen molar-refractivity contribution in [3.8, 4) is 0 Å². The Morgan fingerprint density at radius 3 is 2.44 bits per heavy atom. The molecule has 1 N–H and O–H groups in total. The van der Waals surface area contributed by atoms with Gasteiger partial charge in [0.15, 0.2) is 5.66 Å². The fourth-order valence-corrected chi connectivity index (χ4v) is 3.13. The second-order valence-corrected chi connectivity index (χ2v) is 6.44. The van der Waals surface area contributed by atoms with Gasteiger partial charge in [0.25, 0.3) is 0 Å². The Kier molecular flexibility index (Phi) is 4.84. The smallest absolute Gasteiger partial charge is 0.219 e. The van der Waals surface area contributed by atoms with Crippen molar-refractivity contribution in [2.45, 2.75) is 12.6 Å². The lowest BCUT2D eigenvalue weighted by atomic mass is 9.94. The van der Waals surface area contributed by atoms with Crippen LogP contribution in [0.3, 0.4) is 0 Å². The van der Waals surface area contributed by atoms with Crippen LogP contribution in [0.15, 0.2) is 66.9 Å². The third-order valence-electron chi connectivity index (χ3n) is 3.90. The topological polar surface area (TPSA) is 32.3 Å². The van der Waals surface area contributed by atoms with Crippen LogP contribution in [0, 0.1) is 5.82 Å². The van der Waals surface area contributed by atoms with E-state index in [1.807, 2.05) is 29.3 Å². The third kappa shape index (κ3) is 3.41. The Hall–Kier alpha value is -2.30. The highest BCUT2D eigenvalue weighted by Crippen LogP contribution is 2.37. The average Bonchev–Trinajstić information content (AvgIpc) is 2.58. The Labute approximate surface area is 155 Å². The van der Waals surface area contributed by atoms with Crippen LogP contribution in [0.1, 0.15) is 12.5 Å². The first-order chi connectivity index (χ1) is 11.9. The van der Waals surface area contributed by atoms with E-state index in [4.69, 9.17) is 23.2 Å². The number of anilines is 1. The van der Waals surface area contributed by atoms with Crippen molar-refractivity contribution in [1.29, 1.82) is 0 Å². The number of hydrogen-bond acceptors (Lipinski definition) is 2. The van der Waals surface area contributed by atoms with Gasteiger partial charge < -0.3 is 10.2 Å². The number of rotatable bonds is 3. The highest BCUT2D eigenvalue weighted by atomic mass is 35.5. The molecule has 1 unspecified atom stereocenters. The zero-order chi connectivity index (χ0) is 18.0. The fourth-order valence-electron chi connectivity index (χ4n) is 2.83. The molecule has 0 saturated heterocycles. The lowest BCUT2D eigenvalue weighted by molar-refractivity contribution is -0.120. The van der Waals surface area contributed by atoms with Crippen molar-refractivity contribution in [1.82, 2.24) is 5.32 Å². The van der Waals surface area contributed by atoms with Gasteiger partial charge in [0.2, 0.25) is 5.91 Å². The SMILES string of the molecule is CC(=O)NC1(c2ccc(F)cc2)C=CC=CN1c1ccc(Cl)c(Cl)c1. The maximum absolute atomic E-state index is 13.4. The summed E-state index contributed by atoms with van der Waals surface area (Å²) in [5.41, 5.74) is 0.426. The van der Waals surface area contributed by atoms with Gasteiger partial charge in [-0.15, -0.1) is 0 Å². The van der Waals surface area contributed by atoms with Gasteiger partial charge >= 0.3 is 0 Å². The van der Waals surface area contributed by atoms with Gasteiger partial charge in [0, 0.05) is 24.4 Å². The van der Waals surface area contributed by atoms with E-state index >= 15 is 0 Å². The Balaban J connectivity index is 2.17. The minimum atomic E-state index is -1.01. The summed E-state index contributed by atoms with van der Waals surface area (Å²) in [6.07, 6.45) is 7.32. The van der Waals surface area contributed by atoms with Crippen molar-refractivity contribution in [2.24, 2.45) is 0 Å². The zero-order valence-corrected chi connectivity index (χ0v) is 14.9. The van der Waals surface area contributed by atoms with Gasteiger partial charge in [-0.1, -0.05) is 41.4 Å². The predicted molar refractivity (Wildman–Crippen MR) is 99.1 cm³/mol. The predicted octanol–water partition coefficient (Wildman–Crippen LogP) is 5.01. The van der Waals surface area contributed by atoms with E-state index in [1.165, 1.54) is 19.1 Å². The molecule has 128 valence electrons. The molecular formula is C19H15Cl2FN2O. The van der Waals surface area contributed by atoms with E-state index in [2.05, 4.69) is 5.32 Å². The summed E-state index contributed by atoms with van der Waals surface area (Å²) in [5.74, 6) is -0.576. The van der Waals surface area contributed by atoms with Gasteiger partial charge in [0.05, 0.1) is 10.0 Å². The second-order valence-electron chi connectivity index (χ2n) is 5.62. The number of nitrogens with zero attached hydrogens (tertiary/aromatic N) is 1. The van der Waals surface area contributed by atoms with E-state index < -0.39 is 5.66 Å². The first kappa shape index (κ1) is 17.5. The molecule has 6 heteroatoms. The molecule has 25 heavy (non-hydrogen) atoms. The molecule has 0 aliphatic carbocycles. The minimum absolute atomic E-state index is 0.227. The standard InChI is InChI=1S/C19H15Cl2FN2O/c1-13(25)23-19(14-4-6-15(22)7-5-14)10-2-3-11-24(19)16-8-9-17(20)18(21)12-16/h2-12H,1H3,(H,23,25). The van der Waals surface area contributed by atoms with E-state index in [0.717, 1.165) is 5.69 Å². The maximum atomic E-state index is 13.4. The van der Waals surface area contributed by atoms with Crippen LogP contribution < -0.4 is 10.2 Å². The first-order valence-corrected chi connectivity index (χ1v) is 8.33. The van der Waals surface area contributed by atoms with E-state index in [0.29, 0.717) is 15.6 Å². The van der Waals surface area contributed by atoms with Crippen LogP contribution in [-0.2, 0) is 10.5 Å². The molecule has 1 heterocycles. The average molecular weight is 377 g/mol. The normalized spacial score (nSPS) is 19.1.